The van der Waals surface area contributed by atoms with Crippen LogP contribution in [0.1, 0.15) is 16.1 Å². The predicted octanol–water partition coefficient (Wildman–Crippen LogP) is 1.79. The molecule has 0 aliphatic heterocycles. The van der Waals surface area contributed by atoms with Crippen molar-refractivity contribution in [3.05, 3.63) is 10.9 Å². The molecule has 1 aromatic rings. The van der Waals surface area contributed by atoms with E-state index in [4.69, 9.17) is 11.5 Å². The summed E-state index contributed by atoms with van der Waals surface area (Å²) >= 11 is 0.940. The fraction of sp³-hybridized carbons (Fsp3) is 0.375. The zero-order chi connectivity index (χ0) is 12.3. The van der Waals surface area contributed by atoms with Gasteiger partial charge < -0.3 is 16.8 Å². The van der Waals surface area contributed by atoms with E-state index in [1.807, 2.05) is 0 Å². The summed E-state index contributed by atoms with van der Waals surface area (Å²) in [5, 5.41) is 2.93. The van der Waals surface area contributed by atoms with E-state index in [2.05, 4.69) is 5.32 Å². The molecule has 16 heavy (non-hydrogen) atoms. The topological polar surface area (TPSA) is 81.1 Å². The summed E-state index contributed by atoms with van der Waals surface area (Å²) in [6, 6.07) is 1.39. The van der Waals surface area contributed by atoms with Crippen LogP contribution in [0.4, 0.5) is 23.9 Å². The SMILES string of the molecule is NC(=O)c1sc(NCCC(F)(F)F)cc1N. The largest absolute Gasteiger partial charge is 0.397 e. The number of nitrogens with two attached hydrogens (primary N) is 2. The van der Waals surface area contributed by atoms with Crippen LogP contribution in [0, 0.1) is 0 Å². The van der Waals surface area contributed by atoms with E-state index >= 15 is 0 Å². The molecule has 0 radical (unpaired) electrons. The molecule has 5 N–H and O–H groups in total. The molecular weight excluding hydrogens is 243 g/mol. The van der Waals surface area contributed by atoms with Crippen LogP contribution in [0.15, 0.2) is 6.07 Å². The smallest absolute Gasteiger partial charge is 0.390 e. The van der Waals surface area contributed by atoms with Crippen LogP contribution in [0.2, 0.25) is 0 Å². The second kappa shape index (κ2) is 4.60. The van der Waals surface area contributed by atoms with E-state index in [1.165, 1.54) is 6.07 Å². The average Bonchev–Trinajstić information content (AvgIpc) is 2.44. The Bertz CT molecular complexity index is 388. The summed E-state index contributed by atoms with van der Waals surface area (Å²) in [7, 11) is 0. The first-order chi connectivity index (χ1) is 7.29. The first kappa shape index (κ1) is 12.6. The highest BCUT2D eigenvalue weighted by Gasteiger charge is 2.26. The van der Waals surface area contributed by atoms with Crippen molar-refractivity contribution in [1.82, 2.24) is 0 Å². The average molecular weight is 253 g/mol. The maximum absolute atomic E-state index is 11.8. The number of alkyl halides is 3. The number of anilines is 2. The number of carbonyl (C=O) groups is 1. The van der Waals surface area contributed by atoms with Gasteiger partial charge in [0, 0.05) is 6.54 Å². The number of primary amides is 1. The van der Waals surface area contributed by atoms with Gasteiger partial charge in [-0.05, 0) is 6.07 Å². The molecule has 90 valence electrons. The highest BCUT2D eigenvalue weighted by atomic mass is 32.1. The lowest BCUT2D eigenvalue weighted by molar-refractivity contribution is -0.131. The van der Waals surface area contributed by atoms with E-state index in [9.17, 15) is 18.0 Å². The summed E-state index contributed by atoms with van der Waals surface area (Å²) in [6.45, 7) is -0.262. The number of amides is 1. The summed E-state index contributed by atoms with van der Waals surface area (Å²) in [4.78, 5) is 11.0. The molecule has 4 nitrogen and oxygen atoms in total. The van der Waals surface area contributed by atoms with Gasteiger partial charge in [0.2, 0.25) is 0 Å². The zero-order valence-corrected chi connectivity index (χ0v) is 8.91. The first-order valence-corrected chi connectivity index (χ1v) is 5.11. The Hall–Kier alpha value is -1.44. The van der Waals surface area contributed by atoms with Crippen LogP contribution in [-0.2, 0) is 0 Å². The van der Waals surface area contributed by atoms with Crippen molar-refractivity contribution in [2.75, 3.05) is 17.6 Å². The molecule has 0 aliphatic carbocycles. The van der Waals surface area contributed by atoms with E-state index in [0.717, 1.165) is 11.3 Å². The van der Waals surface area contributed by atoms with E-state index in [0.29, 0.717) is 5.00 Å². The van der Waals surface area contributed by atoms with Crippen LogP contribution in [0.5, 0.6) is 0 Å². The van der Waals surface area contributed by atoms with Crippen LogP contribution in [0.25, 0.3) is 0 Å². The van der Waals surface area contributed by atoms with E-state index in [-0.39, 0.29) is 17.1 Å². The molecule has 1 heterocycles. The number of nitrogens with one attached hydrogen (secondary N) is 1. The second-order valence-corrected chi connectivity index (χ2v) is 4.10. The van der Waals surface area contributed by atoms with E-state index < -0.39 is 18.5 Å². The number of rotatable bonds is 4. The minimum Gasteiger partial charge on any atom is -0.397 e. The van der Waals surface area contributed by atoms with Crippen molar-refractivity contribution in [1.29, 1.82) is 0 Å². The Morgan fingerprint density at radius 1 is 1.50 bits per heavy atom. The molecule has 0 spiro atoms. The highest BCUT2D eigenvalue weighted by molar-refractivity contribution is 7.18. The molecule has 1 aromatic heterocycles. The third-order valence-electron chi connectivity index (χ3n) is 1.69. The Labute approximate surface area is 93.4 Å². The van der Waals surface area contributed by atoms with Crippen molar-refractivity contribution >= 4 is 27.9 Å². The summed E-state index contributed by atoms with van der Waals surface area (Å²) in [6.07, 6.45) is -5.15. The molecule has 0 aromatic carbocycles. The molecular formula is C8H10F3N3OS. The van der Waals surface area contributed by atoms with Crippen molar-refractivity contribution in [2.45, 2.75) is 12.6 Å². The number of thiophene rings is 1. The molecule has 1 rings (SSSR count). The lowest BCUT2D eigenvalue weighted by atomic mass is 10.4. The summed E-state index contributed by atoms with van der Waals surface area (Å²) in [5.41, 5.74) is 10.6. The van der Waals surface area contributed by atoms with Crippen LogP contribution < -0.4 is 16.8 Å². The molecule has 0 aliphatic rings. The van der Waals surface area contributed by atoms with Gasteiger partial charge in [-0.3, -0.25) is 4.79 Å². The molecule has 8 heteroatoms. The fourth-order valence-corrected chi connectivity index (χ4v) is 1.87. The monoisotopic (exact) mass is 253 g/mol. The first-order valence-electron chi connectivity index (χ1n) is 4.29. The Balaban J connectivity index is 2.56. The summed E-state index contributed by atoms with van der Waals surface area (Å²) in [5.74, 6) is -0.689. The molecule has 0 unspecified atom stereocenters. The normalized spacial score (nSPS) is 11.4. The third kappa shape index (κ3) is 3.61. The van der Waals surface area contributed by atoms with Gasteiger partial charge in [-0.25, -0.2) is 0 Å². The maximum atomic E-state index is 11.8. The second-order valence-electron chi connectivity index (χ2n) is 3.05. The lowest BCUT2D eigenvalue weighted by Gasteiger charge is -2.06. The minimum atomic E-state index is -4.21. The molecule has 0 bridgehead atoms. The Morgan fingerprint density at radius 2 is 2.12 bits per heavy atom. The van der Waals surface area contributed by atoms with Crippen LogP contribution in [-0.4, -0.2) is 18.6 Å². The molecule has 1 amide bonds. The fourth-order valence-electron chi connectivity index (χ4n) is 1.01. The van der Waals surface area contributed by atoms with Gasteiger partial charge in [-0.2, -0.15) is 13.2 Å². The maximum Gasteiger partial charge on any atom is 0.390 e. The number of hydrogen-bond donors (Lipinski definition) is 3. The third-order valence-corrected chi connectivity index (χ3v) is 2.82. The lowest BCUT2D eigenvalue weighted by Crippen LogP contribution is -2.14. The zero-order valence-electron chi connectivity index (χ0n) is 8.10. The molecule has 0 saturated carbocycles. The molecule has 0 atom stereocenters. The van der Waals surface area contributed by atoms with Crippen LogP contribution >= 0.6 is 11.3 Å². The highest BCUT2D eigenvalue weighted by Crippen LogP contribution is 2.29. The van der Waals surface area contributed by atoms with Crippen molar-refractivity contribution in [3.63, 3.8) is 0 Å². The van der Waals surface area contributed by atoms with Gasteiger partial charge in [-0.15, -0.1) is 11.3 Å². The standard InChI is InChI=1S/C8H10F3N3OS/c9-8(10,11)1-2-14-5-3-4(12)6(16-5)7(13)15/h3,14H,1-2,12H2,(H2,13,15). The number of nitrogen functional groups attached to an aromatic ring is 1. The molecule has 0 saturated heterocycles. The minimum absolute atomic E-state index is 0.148. The van der Waals surface area contributed by atoms with E-state index in [1.54, 1.807) is 0 Å². The van der Waals surface area contributed by atoms with Gasteiger partial charge in [0.25, 0.3) is 5.91 Å². The van der Waals surface area contributed by atoms with Crippen molar-refractivity contribution < 1.29 is 18.0 Å². The Kier molecular flexibility index (Phi) is 3.63. The number of hydrogen-bond acceptors (Lipinski definition) is 4. The molecule has 0 fully saturated rings. The number of halogens is 3. The van der Waals surface area contributed by atoms with Crippen molar-refractivity contribution in [3.8, 4) is 0 Å². The summed E-state index contributed by atoms with van der Waals surface area (Å²) < 4.78 is 35.5. The van der Waals surface area contributed by atoms with Crippen molar-refractivity contribution in [2.24, 2.45) is 5.73 Å². The van der Waals surface area contributed by atoms with Gasteiger partial charge >= 0.3 is 6.18 Å². The van der Waals surface area contributed by atoms with Crippen LogP contribution in [0.3, 0.4) is 0 Å². The predicted molar refractivity (Wildman–Crippen MR) is 56.4 cm³/mol. The van der Waals surface area contributed by atoms with Gasteiger partial charge in [0.05, 0.1) is 17.1 Å². The van der Waals surface area contributed by atoms with Gasteiger partial charge in [-0.1, -0.05) is 0 Å². The Morgan fingerprint density at radius 3 is 2.56 bits per heavy atom. The number of carbonyl (C=O) groups excluding carboxylic acids is 1. The van der Waals surface area contributed by atoms with Gasteiger partial charge in [0.15, 0.2) is 0 Å². The van der Waals surface area contributed by atoms with Gasteiger partial charge in [0.1, 0.15) is 4.88 Å². The quantitative estimate of drug-likeness (QED) is 0.765.